The normalized spacial score (nSPS) is 12.0. The van der Waals surface area contributed by atoms with E-state index >= 15 is 0 Å². The maximum atomic E-state index is 12.7. The minimum atomic E-state index is -3.15. The van der Waals surface area contributed by atoms with Crippen LogP contribution in [0.15, 0.2) is 35.8 Å². The molecule has 0 saturated carbocycles. The number of aromatic nitrogens is 1. The molecule has 4 nitrogen and oxygen atoms in total. The largest absolute Gasteiger partial charge is 0.294 e. The van der Waals surface area contributed by atoms with Gasteiger partial charge in [0.25, 0.3) is 0 Å². The lowest BCUT2D eigenvalue weighted by Crippen LogP contribution is -2.16. The summed E-state index contributed by atoms with van der Waals surface area (Å²) in [6.45, 7) is 7.40. The highest BCUT2D eigenvalue weighted by molar-refractivity contribution is 7.91. The molecule has 3 aromatic rings. The van der Waals surface area contributed by atoms with Crippen molar-refractivity contribution < 1.29 is 13.2 Å². The third-order valence-corrected chi connectivity index (χ3v) is 7.99. The van der Waals surface area contributed by atoms with Gasteiger partial charge in [-0.2, -0.15) is 0 Å². The molecule has 3 rings (SSSR count). The quantitative estimate of drug-likeness (QED) is 0.564. The molecule has 0 amide bonds. The number of nitrogens with zero attached hydrogens (tertiary/aromatic N) is 1. The molecule has 0 aliphatic heterocycles. The number of hydrogen-bond acceptors (Lipinski definition) is 5. The van der Waals surface area contributed by atoms with Crippen molar-refractivity contribution in [2.75, 3.05) is 0 Å². The number of thiazole rings is 1. The van der Waals surface area contributed by atoms with Crippen molar-refractivity contribution >= 4 is 37.2 Å². The van der Waals surface area contributed by atoms with Gasteiger partial charge >= 0.3 is 0 Å². The van der Waals surface area contributed by atoms with Gasteiger partial charge < -0.3 is 0 Å². The Bertz CT molecular complexity index is 1090. The van der Waals surface area contributed by atoms with E-state index in [4.69, 9.17) is 0 Å². The molecular weight excluding hydrogens is 378 g/mol. The van der Waals surface area contributed by atoms with E-state index in [2.05, 4.69) is 4.98 Å². The van der Waals surface area contributed by atoms with E-state index < -0.39 is 15.1 Å². The van der Waals surface area contributed by atoms with E-state index in [-0.39, 0.29) is 11.5 Å². The van der Waals surface area contributed by atoms with Crippen molar-refractivity contribution in [2.24, 2.45) is 0 Å². The Labute approximate surface area is 164 Å². The van der Waals surface area contributed by atoms with Crippen LogP contribution < -0.4 is 0 Å². The number of ketones is 1. The van der Waals surface area contributed by atoms with Crippen molar-refractivity contribution in [1.29, 1.82) is 0 Å². The first kappa shape index (κ1) is 19.7. The second kappa shape index (κ2) is 7.52. The molecule has 0 N–H and O–H groups in total. The van der Waals surface area contributed by atoms with Gasteiger partial charge in [-0.25, -0.2) is 13.4 Å². The van der Waals surface area contributed by atoms with Gasteiger partial charge in [0.05, 0.1) is 26.7 Å². The average Bonchev–Trinajstić information content (AvgIpc) is 3.10. The predicted molar refractivity (Wildman–Crippen MR) is 111 cm³/mol. The minimum absolute atomic E-state index is 0.000511. The first-order chi connectivity index (χ1) is 12.7. The fraction of sp³-hybridized carbons (Fsp3) is 0.333. The Morgan fingerprint density at radius 2 is 1.81 bits per heavy atom. The van der Waals surface area contributed by atoms with Crippen LogP contribution in [0, 0.1) is 13.8 Å². The maximum absolute atomic E-state index is 12.7. The number of carbonyl (C=O) groups excluding carboxylic acids is 1. The van der Waals surface area contributed by atoms with Crippen LogP contribution in [0.3, 0.4) is 0 Å². The summed E-state index contributed by atoms with van der Waals surface area (Å²) in [6, 6.07) is 8.95. The molecule has 27 heavy (non-hydrogen) atoms. The maximum Gasteiger partial charge on any atom is 0.167 e. The Morgan fingerprint density at radius 1 is 1.15 bits per heavy atom. The van der Waals surface area contributed by atoms with E-state index in [0.29, 0.717) is 17.5 Å². The summed E-state index contributed by atoms with van der Waals surface area (Å²) in [6.07, 6.45) is 0.324. The van der Waals surface area contributed by atoms with E-state index in [9.17, 15) is 13.2 Å². The number of Topliss-reactive ketones (excluding diaryl/α,β-unsaturated/α-hetero) is 1. The molecule has 0 aliphatic carbocycles. The second-order valence-electron chi connectivity index (χ2n) is 7.16. The number of aryl methyl sites for hydroxylation is 2. The molecule has 1 aromatic heterocycles. The van der Waals surface area contributed by atoms with Crippen LogP contribution >= 0.6 is 11.3 Å². The number of carbonyl (C=O) groups is 1. The zero-order valence-electron chi connectivity index (χ0n) is 15.9. The van der Waals surface area contributed by atoms with Crippen molar-refractivity contribution in [3.05, 3.63) is 63.7 Å². The van der Waals surface area contributed by atoms with Crippen molar-refractivity contribution in [1.82, 2.24) is 4.98 Å². The van der Waals surface area contributed by atoms with Gasteiger partial charge in [0.2, 0.25) is 0 Å². The molecule has 0 fully saturated rings. The highest BCUT2D eigenvalue weighted by Gasteiger charge is 2.17. The summed E-state index contributed by atoms with van der Waals surface area (Å²) in [5.74, 6) is 0.0269. The molecule has 0 saturated heterocycles. The van der Waals surface area contributed by atoms with E-state index in [1.54, 1.807) is 49.4 Å². The number of benzene rings is 2. The zero-order chi connectivity index (χ0) is 19.8. The van der Waals surface area contributed by atoms with Crippen LogP contribution in [0.2, 0.25) is 0 Å². The number of hydrogen-bond donors (Lipinski definition) is 0. The predicted octanol–water partition coefficient (Wildman–Crippen LogP) is 4.66. The van der Waals surface area contributed by atoms with Crippen LogP contribution in [0.1, 0.15) is 46.5 Å². The van der Waals surface area contributed by atoms with Crippen LogP contribution in [0.4, 0.5) is 0 Å². The van der Waals surface area contributed by atoms with Gasteiger partial charge in [-0.3, -0.25) is 4.79 Å². The molecule has 142 valence electrons. The SMILES string of the molecule is Cc1cc(CC(=O)c2ccc(CS(=O)(=O)C(C)C)cc2)c(C)c2scnc12. The summed E-state index contributed by atoms with van der Waals surface area (Å²) in [4.78, 5) is 17.1. The van der Waals surface area contributed by atoms with E-state index in [1.165, 1.54) is 0 Å². The molecule has 6 heteroatoms. The van der Waals surface area contributed by atoms with E-state index in [1.807, 2.05) is 25.4 Å². The van der Waals surface area contributed by atoms with Gasteiger partial charge in [0.15, 0.2) is 15.6 Å². The summed E-state index contributed by atoms with van der Waals surface area (Å²) >= 11 is 1.60. The van der Waals surface area contributed by atoms with Crippen molar-refractivity contribution in [2.45, 2.75) is 45.1 Å². The lowest BCUT2D eigenvalue weighted by molar-refractivity contribution is 0.0993. The molecule has 0 bridgehead atoms. The molecule has 1 heterocycles. The molecule has 2 aromatic carbocycles. The second-order valence-corrected chi connectivity index (χ2v) is 10.6. The Morgan fingerprint density at radius 3 is 2.44 bits per heavy atom. The third-order valence-electron chi connectivity index (χ3n) is 4.87. The van der Waals surface area contributed by atoms with Crippen LogP contribution in [-0.2, 0) is 22.0 Å². The molecule has 0 spiro atoms. The van der Waals surface area contributed by atoms with Crippen LogP contribution in [0.25, 0.3) is 10.2 Å². The Kier molecular flexibility index (Phi) is 5.49. The molecular formula is C21H23NO3S2. The highest BCUT2D eigenvalue weighted by Crippen LogP contribution is 2.28. The number of rotatable bonds is 6. The van der Waals surface area contributed by atoms with Crippen LogP contribution in [-0.4, -0.2) is 24.4 Å². The van der Waals surface area contributed by atoms with Gasteiger partial charge in [0.1, 0.15) is 0 Å². The molecule has 0 atom stereocenters. The smallest absolute Gasteiger partial charge is 0.167 e. The number of fused-ring (bicyclic) bond motifs is 1. The topological polar surface area (TPSA) is 64.1 Å². The third kappa shape index (κ3) is 4.12. The highest BCUT2D eigenvalue weighted by atomic mass is 32.2. The Balaban J connectivity index is 1.80. The van der Waals surface area contributed by atoms with E-state index in [0.717, 1.165) is 26.9 Å². The summed E-state index contributed by atoms with van der Waals surface area (Å²) in [5.41, 5.74) is 7.34. The summed E-state index contributed by atoms with van der Waals surface area (Å²) in [7, 11) is -3.15. The van der Waals surface area contributed by atoms with Crippen LogP contribution in [0.5, 0.6) is 0 Å². The van der Waals surface area contributed by atoms with Gasteiger partial charge in [-0.15, -0.1) is 11.3 Å². The van der Waals surface area contributed by atoms with Gasteiger partial charge in [-0.1, -0.05) is 30.3 Å². The van der Waals surface area contributed by atoms with Crippen molar-refractivity contribution in [3.63, 3.8) is 0 Å². The zero-order valence-corrected chi connectivity index (χ0v) is 17.6. The van der Waals surface area contributed by atoms with Gasteiger partial charge in [0, 0.05) is 12.0 Å². The lowest BCUT2D eigenvalue weighted by atomic mass is 9.97. The minimum Gasteiger partial charge on any atom is -0.294 e. The monoisotopic (exact) mass is 401 g/mol. The molecule has 0 radical (unpaired) electrons. The lowest BCUT2D eigenvalue weighted by Gasteiger charge is -2.10. The summed E-state index contributed by atoms with van der Waals surface area (Å²) < 4.78 is 25.2. The average molecular weight is 402 g/mol. The summed E-state index contributed by atoms with van der Waals surface area (Å²) in [5, 5.41) is -0.410. The van der Waals surface area contributed by atoms with Crippen molar-refractivity contribution in [3.8, 4) is 0 Å². The standard InChI is InChI=1S/C21H23NO3S2/c1-13(2)27(24,25)11-16-5-7-17(8-6-16)19(23)10-18-9-14(3)20-21(15(18)4)26-12-22-20/h5-9,12-13H,10-11H2,1-4H3. The molecule has 0 unspecified atom stereocenters. The fourth-order valence-corrected chi connectivity index (χ4v) is 4.91. The molecule has 0 aliphatic rings. The first-order valence-corrected chi connectivity index (χ1v) is 11.4. The first-order valence-electron chi connectivity index (χ1n) is 8.85. The Hall–Kier alpha value is -2.05. The van der Waals surface area contributed by atoms with Gasteiger partial charge in [-0.05, 0) is 49.9 Å². The fourth-order valence-electron chi connectivity index (χ4n) is 3.02. The number of sulfone groups is 1.